The summed E-state index contributed by atoms with van der Waals surface area (Å²) in [6.07, 6.45) is 1.38. The fraction of sp³-hybridized carbons (Fsp3) is 0.741. The van der Waals surface area contributed by atoms with Crippen molar-refractivity contribution < 1.29 is 48.3 Å². The molecule has 202 valence electrons. The summed E-state index contributed by atoms with van der Waals surface area (Å²) in [5.41, 5.74) is -8.92. The van der Waals surface area contributed by atoms with Crippen molar-refractivity contribution in [2.75, 3.05) is 7.11 Å². The van der Waals surface area contributed by atoms with Crippen LogP contribution in [0.3, 0.4) is 0 Å². The first kappa shape index (κ1) is 25.0. The summed E-state index contributed by atoms with van der Waals surface area (Å²) in [6, 6.07) is 1.66. The van der Waals surface area contributed by atoms with Crippen LogP contribution < -0.4 is 0 Å². The average Bonchev–Trinajstić information content (AvgIpc) is 3.38. The van der Waals surface area contributed by atoms with E-state index < -0.39 is 80.9 Å². The first-order valence-corrected chi connectivity index (χ1v) is 12.8. The van der Waals surface area contributed by atoms with Gasteiger partial charge >= 0.3 is 11.9 Å². The molecule has 3 heterocycles. The summed E-state index contributed by atoms with van der Waals surface area (Å²) in [4.78, 5) is 39.7. The van der Waals surface area contributed by atoms with Crippen LogP contribution in [0, 0.1) is 28.1 Å². The fourth-order valence-corrected chi connectivity index (χ4v) is 9.18. The van der Waals surface area contributed by atoms with Crippen LogP contribution in [-0.2, 0) is 28.6 Å². The fourth-order valence-electron chi connectivity index (χ4n) is 9.18. The molecule has 0 aromatic carbocycles. The van der Waals surface area contributed by atoms with Gasteiger partial charge in [0.05, 0.1) is 26.1 Å². The molecule has 10 heteroatoms. The minimum absolute atomic E-state index is 0.0320. The third-order valence-corrected chi connectivity index (χ3v) is 11.2. The van der Waals surface area contributed by atoms with Gasteiger partial charge in [-0.3, -0.25) is 14.4 Å². The number of Topliss-reactive ketones (excluding diaryl/α,β-unsaturated/α-hetero) is 1. The highest BCUT2D eigenvalue weighted by molar-refractivity contribution is 5.94. The van der Waals surface area contributed by atoms with Crippen LogP contribution >= 0.6 is 0 Å². The predicted molar refractivity (Wildman–Crippen MR) is 123 cm³/mol. The number of fused-ring (bicyclic) bond motifs is 2. The molecule has 1 unspecified atom stereocenters. The molecule has 2 saturated heterocycles. The molecule has 5 fully saturated rings. The Labute approximate surface area is 214 Å². The van der Waals surface area contributed by atoms with Crippen molar-refractivity contribution in [1.82, 2.24) is 0 Å². The molecule has 3 aliphatic carbocycles. The van der Waals surface area contributed by atoms with Crippen molar-refractivity contribution in [3.8, 4) is 0 Å². The van der Waals surface area contributed by atoms with Crippen LogP contribution in [0.2, 0.25) is 0 Å². The summed E-state index contributed by atoms with van der Waals surface area (Å²) >= 11 is 0. The third kappa shape index (κ3) is 2.41. The highest BCUT2D eigenvalue weighted by Gasteiger charge is 2.92. The molecule has 9 atom stereocenters. The number of furan rings is 1. The number of hydrogen-bond acceptors (Lipinski definition) is 10. The smallest absolute Gasteiger partial charge is 0.309 e. The van der Waals surface area contributed by atoms with E-state index in [1.165, 1.54) is 19.6 Å². The second-order valence-electron chi connectivity index (χ2n) is 12.9. The van der Waals surface area contributed by atoms with Crippen molar-refractivity contribution >= 4 is 17.7 Å². The number of methoxy groups -OCH3 is 1. The van der Waals surface area contributed by atoms with E-state index in [1.807, 2.05) is 0 Å². The standard InChI is InChI=1S/C27H34O10/c1-21(2)15(10-16(28)34-5)22(3)13-26-24(31,18(19(22)30)27(21,33)37-26)8-7-23(4)20(14-6-9-35-12-14)36-17(29)11-25(23,26)32/h6,9,12,15,18,20,31-33H,7-8,10-11,13H2,1-5H3/t15-,18?,20-,22+,23-,24+,25+,26+,27-/m0/s1. The van der Waals surface area contributed by atoms with Gasteiger partial charge in [-0.25, -0.2) is 0 Å². The van der Waals surface area contributed by atoms with Crippen molar-refractivity contribution in [1.29, 1.82) is 0 Å². The molecule has 1 aromatic rings. The van der Waals surface area contributed by atoms with Crippen LogP contribution in [-0.4, -0.2) is 62.7 Å². The first-order valence-electron chi connectivity index (χ1n) is 12.8. The molecule has 0 amide bonds. The van der Waals surface area contributed by atoms with Crippen LogP contribution in [0.4, 0.5) is 0 Å². The molecule has 3 N–H and O–H groups in total. The van der Waals surface area contributed by atoms with E-state index in [2.05, 4.69) is 0 Å². The van der Waals surface area contributed by atoms with E-state index in [0.29, 0.717) is 5.56 Å². The van der Waals surface area contributed by atoms with Crippen molar-refractivity contribution in [2.24, 2.45) is 28.1 Å². The van der Waals surface area contributed by atoms with E-state index >= 15 is 0 Å². The van der Waals surface area contributed by atoms with Gasteiger partial charge in [-0.15, -0.1) is 0 Å². The van der Waals surface area contributed by atoms with Crippen LogP contribution in [0.25, 0.3) is 0 Å². The van der Waals surface area contributed by atoms with Gasteiger partial charge in [0.15, 0.2) is 11.6 Å². The van der Waals surface area contributed by atoms with Gasteiger partial charge in [0, 0.05) is 28.2 Å². The number of aliphatic hydroxyl groups is 3. The Bertz CT molecular complexity index is 1210. The SMILES string of the molecule is COC(=O)C[C@H]1C(C)(C)[C@@]2(O)O[C@]34C[C@@]1(C)C(=O)C2[C@]3(O)CC[C@@]1(C)[C@H](c2ccoc2)OC(=O)C[C@]41O. The van der Waals surface area contributed by atoms with Crippen molar-refractivity contribution in [3.05, 3.63) is 24.2 Å². The summed E-state index contributed by atoms with van der Waals surface area (Å²) in [5.74, 6) is -5.94. The molecule has 1 aromatic heterocycles. The lowest BCUT2D eigenvalue weighted by molar-refractivity contribution is -0.361. The van der Waals surface area contributed by atoms with E-state index in [0.717, 1.165) is 0 Å². The minimum atomic E-state index is -2.21. The quantitative estimate of drug-likeness (QED) is 0.505. The number of ether oxygens (including phenoxy) is 3. The zero-order chi connectivity index (χ0) is 27.0. The van der Waals surface area contributed by atoms with E-state index in [1.54, 1.807) is 33.8 Å². The Morgan fingerprint density at radius 1 is 1.14 bits per heavy atom. The van der Waals surface area contributed by atoms with Gasteiger partial charge in [-0.2, -0.15) is 0 Å². The lowest BCUT2D eigenvalue weighted by Gasteiger charge is -2.68. The molecule has 5 aliphatic rings. The normalized spacial score (nSPS) is 51.3. The maximum absolute atomic E-state index is 14.1. The number of rotatable bonds is 3. The van der Waals surface area contributed by atoms with E-state index in [-0.39, 0.29) is 25.7 Å². The Balaban J connectivity index is 1.60. The Morgan fingerprint density at radius 2 is 1.84 bits per heavy atom. The molecule has 0 spiro atoms. The lowest BCUT2D eigenvalue weighted by atomic mass is 9.36. The second-order valence-corrected chi connectivity index (χ2v) is 12.9. The zero-order valence-electron chi connectivity index (χ0n) is 21.7. The zero-order valence-corrected chi connectivity index (χ0v) is 21.7. The van der Waals surface area contributed by atoms with Gasteiger partial charge < -0.3 is 33.9 Å². The maximum atomic E-state index is 14.1. The van der Waals surface area contributed by atoms with E-state index in [9.17, 15) is 29.7 Å². The molecule has 6 rings (SSSR count). The highest BCUT2D eigenvalue weighted by Crippen LogP contribution is 2.79. The third-order valence-electron chi connectivity index (χ3n) is 11.2. The number of carbonyl (C=O) groups is 3. The maximum Gasteiger partial charge on any atom is 0.309 e. The monoisotopic (exact) mass is 518 g/mol. The molecule has 37 heavy (non-hydrogen) atoms. The van der Waals surface area contributed by atoms with Crippen LogP contribution in [0.5, 0.6) is 0 Å². The molecule has 3 saturated carbocycles. The number of cyclic esters (lactones) is 1. The Kier molecular flexibility index (Phi) is 4.62. The van der Waals surface area contributed by atoms with Crippen LogP contribution in [0.1, 0.15) is 71.5 Å². The van der Waals surface area contributed by atoms with E-state index in [4.69, 9.17) is 18.6 Å². The summed E-state index contributed by atoms with van der Waals surface area (Å²) in [5, 5.41) is 37.4. The molecule has 2 aliphatic heterocycles. The van der Waals surface area contributed by atoms with Gasteiger partial charge in [0.25, 0.3) is 0 Å². The van der Waals surface area contributed by atoms with Gasteiger partial charge in [-0.1, -0.05) is 27.7 Å². The van der Waals surface area contributed by atoms with Gasteiger partial charge in [0.2, 0.25) is 0 Å². The average molecular weight is 519 g/mol. The van der Waals surface area contributed by atoms with Crippen LogP contribution in [0.15, 0.2) is 23.0 Å². The van der Waals surface area contributed by atoms with Crippen molar-refractivity contribution in [2.45, 2.75) is 88.5 Å². The Morgan fingerprint density at radius 3 is 2.46 bits per heavy atom. The molecule has 10 nitrogen and oxygen atoms in total. The summed E-state index contributed by atoms with van der Waals surface area (Å²) in [7, 11) is 1.26. The number of hydrogen-bond donors (Lipinski definition) is 3. The Hall–Kier alpha value is -2.27. The molecular weight excluding hydrogens is 484 g/mol. The first-order chi connectivity index (χ1) is 17.1. The predicted octanol–water partition coefficient (Wildman–Crippen LogP) is 1.80. The highest BCUT2D eigenvalue weighted by atomic mass is 16.7. The van der Waals surface area contributed by atoms with Crippen molar-refractivity contribution in [3.63, 3.8) is 0 Å². The topological polar surface area (TPSA) is 153 Å². The second kappa shape index (κ2) is 6.83. The largest absolute Gasteiger partial charge is 0.472 e. The lowest BCUT2D eigenvalue weighted by Crippen LogP contribution is -2.82. The molecule has 0 radical (unpaired) electrons. The van der Waals surface area contributed by atoms with Gasteiger partial charge in [0.1, 0.15) is 28.8 Å². The number of esters is 2. The number of ketones is 1. The molecule has 3 bridgehead atoms. The summed E-state index contributed by atoms with van der Waals surface area (Å²) in [6.45, 7) is 6.91. The van der Waals surface area contributed by atoms with Gasteiger partial charge in [-0.05, 0) is 31.2 Å². The number of carbonyl (C=O) groups excluding carboxylic acids is 3. The summed E-state index contributed by atoms with van der Waals surface area (Å²) < 4.78 is 22.5. The molecular formula is C27H34O10. The minimum Gasteiger partial charge on any atom is -0.472 e.